The summed E-state index contributed by atoms with van der Waals surface area (Å²) in [6, 6.07) is 6.57. The molecule has 3 nitrogen and oxygen atoms in total. The largest absolute Gasteiger partial charge is 0.389 e. The van der Waals surface area contributed by atoms with E-state index in [1.54, 1.807) is 18.2 Å². The summed E-state index contributed by atoms with van der Waals surface area (Å²) in [7, 11) is 0. The summed E-state index contributed by atoms with van der Waals surface area (Å²) < 4.78 is 18.8. The molecule has 0 aliphatic carbocycles. The van der Waals surface area contributed by atoms with Crippen LogP contribution in [0.5, 0.6) is 0 Å². The number of likely N-dealkylation sites (tertiary alicyclic amines) is 1. The Balaban J connectivity index is 1.67. The molecule has 1 heterocycles. The lowest BCUT2D eigenvalue weighted by molar-refractivity contribution is 0.00965. The van der Waals surface area contributed by atoms with E-state index >= 15 is 0 Å². The Bertz CT molecular complexity index is 392. The summed E-state index contributed by atoms with van der Waals surface area (Å²) >= 11 is 0. The average molecular weight is 281 g/mol. The molecule has 1 atom stereocenters. The summed E-state index contributed by atoms with van der Waals surface area (Å²) in [6.07, 6.45) is 4.50. The van der Waals surface area contributed by atoms with Crippen LogP contribution in [-0.2, 0) is 11.3 Å². The summed E-state index contributed by atoms with van der Waals surface area (Å²) in [5.74, 6) is -0.255. The van der Waals surface area contributed by atoms with Gasteiger partial charge in [-0.25, -0.2) is 4.39 Å². The number of rotatable bonds is 6. The van der Waals surface area contributed by atoms with Crippen LogP contribution in [0, 0.1) is 5.82 Å². The van der Waals surface area contributed by atoms with Gasteiger partial charge in [0.2, 0.25) is 0 Å². The highest BCUT2D eigenvalue weighted by atomic mass is 19.1. The smallest absolute Gasteiger partial charge is 0.128 e. The van der Waals surface area contributed by atoms with Crippen molar-refractivity contribution in [3.05, 3.63) is 35.6 Å². The molecule has 1 aliphatic rings. The Morgan fingerprint density at radius 3 is 2.55 bits per heavy atom. The topological polar surface area (TPSA) is 32.7 Å². The third kappa shape index (κ3) is 5.19. The first kappa shape index (κ1) is 15.4. The third-order valence-corrected chi connectivity index (χ3v) is 3.69. The minimum atomic E-state index is -0.500. The van der Waals surface area contributed by atoms with E-state index in [-0.39, 0.29) is 19.0 Å². The first-order valence-electron chi connectivity index (χ1n) is 7.47. The lowest BCUT2D eigenvalue weighted by Gasteiger charge is -2.23. The molecule has 0 bridgehead atoms. The van der Waals surface area contributed by atoms with Crippen molar-refractivity contribution in [3.63, 3.8) is 0 Å². The zero-order valence-corrected chi connectivity index (χ0v) is 11.9. The van der Waals surface area contributed by atoms with E-state index in [1.807, 2.05) is 0 Å². The van der Waals surface area contributed by atoms with Crippen molar-refractivity contribution < 1.29 is 14.2 Å². The van der Waals surface area contributed by atoms with E-state index in [0.29, 0.717) is 12.1 Å². The zero-order chi connectivity index (χ0) is 14.2. The van der Waals surface area contributed by atoms with E-state index in [9.17, 15) is 9.50 Å². The molecule has 1 aromatic rings. The molecule has 112 valence electrons. The maximum atomic E-state index is 13.4. The SMILES string of the molecule is O[C@@H](COCc1ccccc1F)CN1CCCCCC1. The number of β-amino-alcohol motifs (C(OH)–C–C–N with tert-alkyl or cyclic N) is 1. The van der Waals surface area contributed by atoms with Crippen LogP contribution in [0.3, 0.4) is 0 Å². The van der Waals surface area contributed by atoms with Gasteiger partial charge in [-0.3, -0.25) is 0 Å². The molecule has 2 rings (SSSR count). The Labute approximate surface area is 120 Å². The maximum absolute atomic E-state index is 13.4. The Morgan fingerprint density at radius 2 is 1.85 bits per heavy atom. The summed E-state index contributed by atoms with van der Waals surface area (Å²) in [5, 5.41) is 9.98. The fraction of sp³-hybridized carbons (Fsp3) is 0.625. The van der Waals surface area contributed by atoms with Gasteiger partial charge in [-0.05, 0) is 32.0 Å². The average Bonchev–Trinajstić information content (AvgIpc) is 2.69. The molecule has 0 spiro atoms. The second kappa shape index (κ2) is 8.35. The van der Waals surface area contributed by atoms with Gasteiger partial charge in [0.1, 0.15) is 5.82 Å². The number of nitrogens with zero attached hydrogens (tertiary/aromatic N) is 1. The van der Waals surface area contributed by atoms with Crippen molar-refractivity contribution in [2.75, 3.05) is 26.2 Å². The molecule has 4 heteroatoms. The quantitative estimate of drug-likeness (QED) is 0.870. The van der Waals surface area contributed by atoms with Crippen LogP contribution in [0.1, 0.15) is 31.2 Å². The number of benzene rings is 1. The van der Waals surface area contributed by atoms with E-state index in [2.05, 4.69) is 4.90 Å². The van der Waals surface area contributed by atoms with E-state index in [0.717, 1.165) is 13.1 Å². The minimum Gasteiger partial charge on any atom is -0.389 e. The van der Waals surface area contributed by atoms with Gasteiger partial charge < -0.3 is 14.7 Å². The number of aliphatic hydroxyl groups is 1. The fourth-order valence-electron chi connectivity index (χ4n) is 2.59. The molecule has 1 aliphatic heterocycles. The van der Waals surface area contributed by atoms with Crippen LogP contribution in [0.25, 0.3) is 0 Å². The standard InChI is InChI=1S/C16H24FNO2/c17-16-8-4-3-7-14(16)12-20-13-15(19)11-18-9-5-1-2-6-10-18/h3-4,7-8,15,19H,1-2,5-6,9-13H2/t15-/m1/s1. The predicted octanol–water partition coefficient (Wildman–Crippen LogP) is 2.58. The van der Waals surface area contributed by atoms with Crippen molar-refractivity contribution in [2.24, 2.45) is 0 Å². The summed E-state index contributed by atoms with van der Waals surface area (Å²) in [5.41, 5.74) is 0.537. The van der Waals surface area contributed by atoms with E-state index in [4.69, 9.17) is 4.74 Å². The number of hydrogen-bond donors (Lipinski definition) is 1. The van der Waals surface area contributed by atoms with Crippen LogP contribution < -0.4 is 0 Å². The molecule has 0 saturated carbocycles. The monoisotopic (exact) mass is 281 g/mol. The second-order valence-electron chi connectivity index (χ2n) is 5.48. The Kier molecular flexibility index (Phi) is 6.43. The highest BCUT2D eigenvalue weighted by Crippen LogP contribution is 2.11. The number of halogens is 1. The molecule has 0 aromatic heterocycles. The fourth-order valence-corrected chi connectivity index (χ4v) is 2.59. The third-order valence-electron chi connectivity index (χ3n) is 3.69. The second-order valence-corrected chi connectivity index (χ2v) is 5.48. The number of hydrogen-bond acceptors (Lipinski definition) is 3. The minimum absolute atomic E-state index is 0.212. The highest BCUT2D eigenvalue weighted by molar-refractivity contribution is 5.16. The van der Waals surface area contributed by atoms with Gasteiger partial charge in [-0.2, -0.15) is 0 Å². The van der Waals surface area contributed by atoms with Gasteiger partial charge in [-0.1, -0.05) is 31.0 Å². The molecule has 1 saturated heterocycles. The van der Waals surface area contributed by atoms with Crippen LogP contribution in [-0.4, -0.2) is 42.4 Å². The van der Waals surface area contributed by atoms with Crippen molar-refractivity contribution in [1.82, 2.24) is 4.90 Å². The highest BCUT2D eigenvalue weighted by Gasteiger charge is 2.14. The molecule has 1 N–H and O–H groups in total. The normalized spacial score (nSPS) is 18.7. The van der Waals surface area contributed by atoms with Crippen molar-refractivity contribution in [1.29, 1.82) is 0 Å². The van der Waals surface area contributed by atoms with E-state index in [1.165, 1.54) is 31.7 Å². The molecule has 20 heavy (non-hydrogen) atoms. The van der Waals surface area contributed by atoms with Gasteiger partial charge in [0, 0.05) is 12.1 Å². The van der Waals surface area contributed by atoms with Crippen LogP contribution >= 0.6 is 0 Å². The molecule has 0 unspecified atom stereocenters. The van der Waals surface area contributed by atoms with Crippen molar-refractivity contribution in [3.8, 4) is 0 Å². The molecule has 0 amide bonds. The molecular weight excluding hydrogens is 257 g/mol. The lowest BCUT2D eigenvalue weighted by Crippen LogP contribution is -2.35. The van der Waals surface area contributed by atoms with Gasteiger partial charge in [0.25, 0.3) is 0 Å². The molecular formula is C16H24FNO2. The van der Waals surface area contributed by atoms with Crippen LogP contribution in [0.4, 0.5) is 4.39 Å². The number of ether oxygens (including phenoxy) is 1. The Morgan fingerprint density at radius 1 is 1.15 bits per heavy atom. The molecule has 1 fully saturated rings. The predicted molar refractivity (Wildman–Crippen MR) is 77.0 cm³/mol. The summed E-state index contributed by atoms with van der Waals surface area (Å²) in [4.78, 5) is 2.30. The Hall–Kier alpha value is -0.970. The van der Waals surface area contributed by atoms with E-state index < -0.39 is 6.10 Å². The van der Waals surface area contributed by atoms with Crippen LogP contribution in [0.15, 0.2) is 24.3 Å². The van der Waals surface area contributed by atoms with Crippen LogP contribution in [0.2, 0.25) is 0 Å². The van der Waals surface area contributed by atoms with Gasteiger partial charge in [-0.15, -0.1) is 0 Å². The van der Waals surface area contributed by atoms with Crippen molar-refractivity contribution in [2.45, 2.75) is 38.4 Å². The molecule has 1 aromatic carbocycles. The lowest BCUT2D eigenvalue weighted by atomic mass is 10.2. The van der Waals surface area contributed by atoms with Gasteiger partial charge >= 0.3 is 0 Å². The number of aliphatic hydroxyl groups excluding tert-OH is 1. The van der Waals surface area contributed by atoms with Gasteiger partial charge in [0.15, 0.2) is 0 Å². The van der Waals surface area contributed by atoms with Crippen molar-refractivity contribution >= 4 is 0 Å². The zero-order valence-electron chi connectivity index (χ0n) is 11.9. The first-order chi connectivity index (χ1) is 9.75. The molecule has 0 radical (unpaired) electrons. The van der Waals surface area contributed by atoms with Gasteiger partial charge in [0.05, 0.1) is 19.3 Å². The first-order valence-corrected chi connectivity index (χ1v) is 7.47. The summed E-state index contributed by atoms with van der Waals surface area (Å²) in [6.45, 7) is 3.24. The maximum Gasteiger partial charge on any atom is 0.128 e.